The van der Waals surface area contributed by atoms with Gasteiger partial charge in [0.2, 0.25) is 0 Å². The lowest BCUT2D eigenvalue weighted by molar-refractivity contribution is 0.0593. The molecular weight excluding hydrogens is 276 g/mol. The van der Waals surface area contributed by atoms with E-state index in [1.54, 1.807) is 0 Å². The van der Waals surface area contributed by atoms with E-state index >= 15 is 0 Å². The Morgan fingerprint density at radius 2 is 1.82 bits per heavy atom. The topological polar surface area (TPSA) is 52.1 Å². The molecule has 0 radical (unpaired) electrons. The molecule has 0 fully saturated rings. The number of aryl methyl sites for hydroxylation is 1. The molecule has 0 atom stereocenters. The predicted molar refractivity (Wildman–Crippen MR) is 91.8 cm³/mol. The lowest BCUT2D eigenvalue weighted by Gasteiger charge is -2.19. The minimum atomic E-state index is -0.464. The Labute approximate surface area is 135 Å². The molecule has 4 heteroatoms. The van der Waals surface area contributed by atoms with Crippen molar-refractivity contribution in [3.8, 4) is 0 Å². The summed E-state index contributed by atoms with van der Waals surface area (Å²) in [6, 6.07) is 0. The third kappa shape index (κ3) is 6.83. The van der Waals surface area contributed by atoms with E-state index in [1.807, 2.05) is 13.0 Å². The Bertz CT molecular complexity index is 512. The summed E-state index contributed by atoms with van der Waals surface area (Å²) in [5.74, 6) is -0.464. The van der Waals surface area contributed by atoms with Crippen LogP contribution in [0.25, 0.3) is 6.08 Å². The van der Waals surface area contributed by atoms with Crippen LogP contribution in [0.1, 0.15) is 76.3 Å². The number of ether oxygens (including phenoxy) is 1. The van der Waals surface area contributed by atoms with Crippen LogP contribution in [0, 0.1) is 12.3 Å². The highest BCUT2D eigenvalue weighted by Crippen LogP contribution is 2.26. The van der Waals surface area contributed by atoms with Crippen LogP contribution >= 0.6 is 0 Å². The zero-order valence-corrected chi connectivity index (χ0v) is 15.3. The first-order valence-corrected chi connectivity index (χ1v) is 7.78. The van der Waals surface area contributed by atoms with Crippen LogP contribution in [0.2, 0.25) is 0 Å². The number of carbonyl (C=O) groups is 1. The van der Waals surface area contributed by atoms with Crippen LogP contribution in [-0.2, 0) is 4.74 Å². The van der Waals surface area contributed by atoms with Gasteiger partial charge in [0.05, 0.1) is 24.7 Å². The first kappa shape index (κ1) is 20.3. The molecule has 0 bridgehead atoms. The number of hydrogen-bond acceptors (Lipinski definition) is 4. The van der Waals surface area contributed by atoms with Crippen molar-refractivity contribution in [1.29, 1.82) is 0 Å². The fourth-order valence-corrected chi connectivity index (χ4v) is 1.26. The first-order chi connectivity index (χ1) is 10.2. The number of hydrogen-bond donors (Lipinski definition) is 0. The Balaban J connectivity index is 0.000000980. The molecule has 0 unspecified atom stereocenters. The summed E-state index contributed by atoms with van der Waals surface area (Å²) in [5.41, 5.74) is 3.05. The van der Waals surface area contributed by atoms with Crippen LogP contribution in [0.3, 0.4) is 0 Å². The summed E-state index contributed by atoms with van der Waals surface area (Å²) < 4.78 is 4.61. The normalized spacial score (nSPS) is 11.5. The van der Waals surface area contributed by atoms with Gasteiger partial charge in [0.25, 0.3) is 0 Å². The summed E-state index contributed by atoms with van der Waals surface area (Å²) in [5, 5.41) is 0. The fourth-order valence-electron chi connectivity index (χ4n) is 1.26. The van der Waals surface area contributed by atoms with Gasteiger partial charge in [-0.05, 0) is 25.3 Å². The van der Waals surface area contributed by atoms with E-state index in [4.69, 9.17) is 0 Å². The number of aromatic nitrogens is 2. The number of rotatable bonds is 3. The van der Waals surface area contributed by atoms with Crippen molar-refractivity contribution >= 4 is 12.0 Å². The molecule has 124 valence electrons. The van der Waals surface area contributed by atoms with E-state index in [0.29, 0.717) is 0 Å². The zero-order chi connectivity index (χ0) is 17.3. The van der Waals surface area contributed by atoms with E-state index in [9.17, 15) is 4.79 Å². The third-order valence-corrected chi connectivity index (χ3v) is 3.42. The molecule has 1 rings (SSSR count). The van der Waals surface area contributed by atoms with E-state index in [0.717, 1.165) is 11.4 Å². The second-order valence-electron chi connectivity index (χ2n) is 6.29. The number of esters is 1. The average molecular weight is 306 g/mol. The van der Waals surface area contributed by atoms with Gasteiger partial charge in [-0.2, -0.15) is 0 Å². The first-order valence-electron chi connectivity index (χ1n) is 7.78. The Morgan fingerprint density at radius 3 is 2.18 bits per heavy atom. The molecule has 0 amide bonds. The molecule has 0 spiro atoms. The Kier molecular flexibility index (Phi) is 8.61. The number of nitrogens with zero attached hydrogens (tertiary/aromatic N) is 2. The molecule has 0 aliphatic heterocycles. The van der Waals surface area contributed by atoms with Gasteiger partial charge in [-0.15, -0.1) is 0 Å². The largest absolute Gasteiger partial charge is 0.464 e. The van der Waals surface area contributed by atoms with Crippen molar-refractivity contribution in [2.24, 2.45) is 5.41 Å². The van der Waals surface area contributed by atoms with Gasteiger partial charge < -0.3 is 4.74 Å². The molecule has 0 N–H and O–H groups in total. The van der Waals surface area contributed by atoms with Gasteiger partial charge in [-0.1, -0.05) is 53.0 Å². The molecule has 1 aromatic heterocycles. The van der Waals surface area contributed by atoms with Crippen molar-refractivity contribution in [1.82, 2.24) is 9.97 Å². The van der Waals surface area contributed by atoms with Crippen molar-refractivity contribution in [3.63, 3.8) is 0 Å². The van der Waals surface area contributed by atoms with Crippen molar-refractivity contribution in [2.75, 3.05) is 7.11 Å². The monoisotopic (exact) mass is 306 g/mol. The minimum absolute atomic E-state index is 0.0924. The average Bonchev–Trinajstić information content (AvgIpc) is 2.47. The van der Waals surface area contributed by atoms with Crippen LogP contribution < -0.4 is 0 Å². The number of carbonyl (C=O) groups excluding carboxylic acids is 1. The van der Waals surface area contributed by atoms with Crippen molar-refractivity contribution < 1.29 is 9.53 Å². The van der Waals surface area contributed by atoms with Crippen LogP contribution in [0.5, 0.6) is 0 Å². The van der Waals surface area contributed by atoms with Crippen LogP contribution in [-0.4, -0.2) is 23.0 Å². The predicted octanol–water partition coefficient (Wildman–Crippen LogP) is 4.83. The van der Waals surface area contributed by atoms with Crippen LogP contribution in [0.4, 0.5) is 0 Å². The highest BCUT2D eigenvalue weighted by atomic mass is 16.5. The second kappa shape index (κ2) is 9.34. The maximum absolute atomic E-state index is 11.3. The van der Waals surface area contributed by atoms with E-state index in [1.165, 1.54) is 31.7 Å². The molecule has 1 heterocycles. The standard InChI is InChI=1S/C14H20N2O2.C4H10/c1-9(14(3,4)5)7-11-10(2)16-12(8-15-11)13(17)18-6;1-3-4-2/h7-8H,1-6H3;3-4H2,1-2H3/b9-7+;. The smallest absolute Gasteiger partial charge is 0.358 e. The van der Waals surface area contributed by atoms with Gasteiger partial charge in [0.15, 0.2) is 5.69 Å². The Hall–Kier alpha value is -1.71. The lowest BCUT2D eigenvalue weighted by Crippen LogP contribution is -2.09. The molecule has 0 saturated carbocycles. The van der Waals surface area contributed by atoms with Gasteiger partial charge >= 0.3 is 5.97 Å². The molecule has 0 aliphatic carbocycles. The lowest BCUT2D eigenvalue weighted by atomic mass is 9.87. The van der Waals surface area contributed by atoms with E-state index < -0.39 is 5.97 Å². The summed E-state index contributed by atoms with van der Waals surface area (Å²) in [6.07, 6.45) is 6.09. The second-order valence-corrected chi connectivity index (χ2v) is 6.29. The summed E-state index contributed by atoms with van der Waals surface area (Å²) in [7, 11) is 1.33. The van der Waals surface area contributed by atoms with Crippen molar-refractivity contribution in [2.45, 2.75) is 61.3 Å². The summed E-state index contributed by atoms with van der Waals surface area (Å²) >= 11 is 0. The molecule has 4 nitrogen and oxygen atoms in total. The van der Waals surface area contributed by atoms with E-state index in [2.05, 4.69) is 56.2 Å². The molecule has 1 aromatic rings. The molecular formula is C18H30N2O2. The molecule has 0 aromatic carbocycles. The summed E-state index contributed by atoms with van der Waals surface area (Å²) in [4.78, 5) is 19.8. The maximum atomic E-state index is 11.3. The van der Waals surface area contributed by atoms with Gasteiger partial charge in [-0.25, -0.2) is 9.78 Å². The quantitative estimate of drug-likeness (QED) is 0.751. The summed E-state index contributed by atoms with van der Waals surface area (Å²) in [6.45, 7) is 14.7. The minimum Gasteiger partial charge on any atom is -0.464 e. The fraction of sp³-hybridized carbons (Fsp3) is 0.611. The van der Waals surface area contributed by atoms with Crippen LogP contribution in [0.15, 0.2) is 11.8 Å². The number of methoxy groups -OCH3 is 1. The van der Waals surface area contributed by atoms with Gasteiger partial charge in [0, 0.05) is 0 Å². The maximum Gasteiger partial charge on any atom is 0.358 e. The third-order valence-electron chi connectivity index (χ3n) is 3.42. The van der Waals surface area contributed by atoms with E-state index in [-0.39, 0.29) is 11.1 Å². The highest BCUT2D eigenvalue weighted by molar-refractivity contribution is 5.86. The van der Waals surface area contributed by atoms with Gasteiger partial charge in [0.1, 0.15) is 0 Å². The molecule has 0 aliphatic rings. The Morgan fingerprint density at radius 1 is 1.27 bits per heavy atom. The molecule has 22 heavy (non-hydrogen) atoms. The van der Waals surface area contributed by atoms with Gasteiger partial charge in [-0.3, -0.25) is 4.98 Å². The van der Waals surface area contributed by atoms with Crippen molar-refractivity contribution in [3.05, 3.63) is 28.9 Å². The zero-order valence-electron chi connectivity index (χ0n) is 15.3. The highest BCUT2D eigenvalue weighted by Gasteiger charge is 2.14. The number of allylic oxidation sites excluding steroid dienone is 1. The molecule has 0 saturated heterocycles. The number of unbranched alkanes of at least 4 members (excludes halogenated alkanes) is 1. The SMILES string of the molecule is CCCC.COC(=O)c1cnc(/C=C(\C)C(C)(C)C)c(C)n1.